The summed E-state index contributed by atoms with van der Waals surface area (Å²) >= 11 is 6.08. The number of carboxylic acids is 1. The summed E-state index contributed by atoms with van der Waals surface area (Å²) in [7, 11) is 0. The summed E-state index contributed by atoms with van der Waals surface area (Å²) in [6.07, 6.45) is 4.84. The van der Waals surface area contributed by atoms with E-state index in [1.807, 2.05) is 12.2 Å². The minimum atomic E-state index is -1.38. The summed E-state index contributed by atoms with van der Waals surface area (Å²) in [6.45, 7) is 0. The molecule has 1 aliphatic heterocycles. The molecule has 0 unspecified atom stereocenters. The van der Waals surface area contributed by atoms with Gasteiger partial charge in [-0.1, -0.05) is 29.8 Å². The number of nitrogens with zero attached hydrogens (tertiary/aromatic N) is 1. The van der Waals surface area contributed by atoms with Gasteiger partial charge in [-0.05, 0) is 36.0 Å². The van der Waals surface area contributed by atoms with Gasteiger partial charge in [0.2, 0.25) is 11.8 Å². The number of halogens is 1. The minimum Gasteiger partial charge on any atom is -0.545 e. The lowest BCUT2D eigenvalue weighted by molar-refractivity contribution is -0.255. The van der Waals surface area contributed by atoms with Crippen molar-refractivity contribution in [1.82, 2.24) is 0 Å². The molecule has 4 rings (SSSR count). The number of benzene rings is 1. The fourth-order valence-electron chi connectivity index (χ4n) is 3.95. The number of allylic oxidation sites excluding steroid dienone is 2. The standard InChI is InChI=1S/C16H12ClNO4/c17-10-4-3-9(16(21)22)6-11(10)18-14(19)12-7-1-2-8(5-7)13(12)15(18)20/h1-4,6-8,12-13H,5H2,(H,21,22)/p-1/t7-,8-,12-,13+/m1/s1. The number of anilines is 1. The van der Waals surface area contributed by atoms with Crippen LogP contribution in [0.5, 0.6) is 0 Å². The second kappa shape index (κ2) is 4.43. The van der Waals surface area contributed by atoms with Crippen molar-refractivity contribution < 1.29 is 19.5 Å². The first-order chi connectivity index (χ1) is 10.5. The van der Waals surface area contributed by atoms with Crippen molar-refractivity contribution in [1.29, 1.82) is 0 Å². The first kappa shape index (κ1) is 13.5. The van der Waals surface area contributed by atoms with E-state index in [-0.39, 0.29) is 51.8 Å². The second-order valence-corrected chi connectivity index (χ2v) is 6.37. The van der Waals surface area contributed by atoms with Crippen molar-refractivity contribution in [3.63, 3.8) is 0 Å². The van der Waals surface area contributed by atoms with Crippen LogP contribution in [0.2, 0.25) is 5.02 Å². The van der Waals surface area contributed by atoms with Crippen LogP contribution in [0.1, 0.15) is 16.8 Å². The number of rotatable bonds is 2. The number of carbonyl (C=O) groups excluding carboxylic acids is 3. The maximum Gasteiger partial charge on any atom is 0.238 e. The Kier molecular flexibility index (Phi) is 2.72. The van der Waals surface area contributed by atoms with Gasteiger partial charge in [0.25, 0.3) is 0 Å². The largest absolute Gasteiger partial charge is 0.545 e. The third kappa shape index (κ3) is 1.63. The van der Waals surface area contributed by atoms with Crippen LogP contribution in [-0.2, 0) is 9.59 Å². The summed E-state index contributed by atoms with van der Waals surface area (Å²) in [5.74, 6) is -2.44. The Labute approximate surface area is 131 Å². The van der Waals surface area contributed by atoms with Gasteiger partial charge in [0.15, 0.2) is 0 Å². The maximum atomic E-state index is 12.7. The molecule has 2 fully saturated rings. The second-order valence-electron chi connectivity index (χ2n) is 5.97. The van der Waals surface area contributed by atoms with E-state index in [9.17, 15) is 19.5 Å². The molecule has 2 aliphatic carbocycles. The molecule has 4 atom stereocenters. The Bertz CT molecular complexity index is 727. The summed E-state index contributed by atoms with van der Waals surface area (Å²) in [4.78, 5) is 37.4. The Morgan fingerprint density at radius 3 is 2.27 bits per heavy atom. The van der Waals surface area contributed by atoms with Gasteiger partial charge < -0.3 is 9.90 Å². The van der Waals surface area contributed by atoms with Crippen LogP contribution < -0.4 is 10.0 Å². The summed E-state index contributed by atoms with van der Waals surface area (Å²) in [6, 6.07) is 3.88. The van der Waals surface area contributed by atoms with Gasteiger partial charge in [0.1, 0.15) is 0 Å². The zero-order chi connectivity index (χ0) is 15.6. The van der Waals surface area contributed by atoms with Crippen LogP contribution in [0.3, 0.4) is 0 Å². The van der Waals surface area contributed by atoms with E-state index in [1.165, 1.54) is 18.2 Å². The van der Waals surface area contributed by atoms with Gasteiger partial charge in [0.05, 0.1) is 28.5 Å². The fraction of sp³-hybridized carbons (Fsp3) is 0.312. The van der Waals surface area contributed by atoms with Gasteiger partial charge in [0, 0.05) is 0 Å². The van der Waals surface area contributed by atoms with Crippen LogP contribution >= 0.6 is 11.6 Å². The number of hydrogen-bond donors (Lipinski definition) is 0. The Morgan fingerprint density at radius 1 is 1.14 bits per heavy atom. The zero-order valence-corrected chi connectivity index (χ0v) is 12.1. The Hall–Kier alpha value is -2.14. The predicted molar refractivity (Wildman–Crippen MR) is 76.0 cm³/mol. The number of amides is 2. The lowest BCUT2D eigenvalue weighted by Crippen LogP contribution is -2.33. The molecule has 6 heteroatoms. The van der Waals surface area contributed by atoms with E-state index in [0.717, 1.165) is 11.3 Å². The SMILES string of the molecule is O=C([O-])c1ccc(Cl)c(N2C(=O)[C@@H]3[C@H](C2=O)[C@@H]2C=C[C@@H]3C2)c1. The molecule has 1 saturated carbocycles. The van der Waals surface area contributed by atoms with Crippen molar-refractivity contribution in [3.05, 3.63) is 40.9 Å². The Balaban J connectivity index is 1.79. The van der Waals surface area contributed by atoms with Crippen LogP contribution in [-0.4, -0.2) is 17.8 Å². The molecular weight excluding hydrogens is 306 g/mol. The molecule has 22 heavy (non-hydrogen) atoms. The smallest absolute Gasteiger partial charge is 0.238 e. The van der Waals surface area contributed by atoms with E-state index in [0.29, 0.717) is 0 Å². The van der Waals surface area contributed by atoms with Crippen molar-refractivity contribution >= 4 is 35.1 Å². The number of hydrogen-bond acceptors (Lipinski definition) is 4. The first-order valence-electron chi connectivity index (χ1n) is 7.06. The van der Waals surface area contributed by atoms with Crippen LogP contribution in [0.15, 0.2) is 30.4 Å². The van der Waals surface area contributed by atoms with Crippen molar-refractivity contribution in [2.75, 3.05) is 4.90 Å². The van der Waals surface area contributed by atoms with Crippen LogP contribution in [0, 0.1) is 23.7 Å². The molecule has 1 heterocycles. The highest BCUT2D eigenvalue weighted by molar-refractivity contribution is 6.36. The normalized spacial score (nSPS) is 32.0. The molecular formula is C16H11ClNO4-. The van der Waals surface area contributed by atoms with Crippen LogP contribution in [0.4, 0.5) is 5.69 Å². The van der Waals surface area contributed by atoms with Gasteiger partial charge in [-0.25, -0.2) is 4.90 Å². The topological polar surface area (TPSA) is 77.5 Å². The van der Waals surface area contributed by atoms with E-state index in [4.69, 9.17) is 11.6 Å². The quantitative estimate of drug-likeness (QED) is 0.603. The average molecular weight is 317 g/mol. The van der Waals surface area contributed by atoms with Crippen molar-refractivity contribution in [3.8, 4) is 0 Å². The fourth-order valence-corrected chi connectivity index (χ4v) is 4.15. The molecule has 0 radical (unpaired) electrons. The van der Waals surface area contributed by atoms with Crippen molar-refractivity contribution in [2.24, 2.45) is 23.7 Å². The van der Waals surface area contributed by atoms with Gasteiger partial charge in [-0.15, -0.1) is 0 Å². The summed E-state index contributed by atoms with van der Waals surface area (Å²) in [5.41, 5.74) is 0.0188. The lowest BCUT2D eigenvalue weighted by Gasteiger charge is -2.19. The monoisotopic (exact) mass is 316 g/mol. The average Bonchev–Trinajstić information content (AvgIpc) is 3.14. The number of aromatic carboxylic acids is 1. The highest BCUT2D eigenvalue weighted by atomic mass is 35.5. The van der Waals surface area contributed by atoms with Crippen molar-refractivity contribution in [2.45, 2.75) is 6.42 Å². The number of imide groups is 1. The summed E-state index contributed by atoms with van der Waals surface area (Å²) < 4.78 is 0. The third-order valence-corrected chi connectivity index (χ3v) is 5.21. The van der Waals surface area contributed by atoms with E-state index < -0.39 is 5.97 Å². The molecule has 2 amide bonds. The molecule has 0 aromatic heterocycles. The first-order valence-corrected chi connectivity index (χ1v) is 7.44. The Morgan fingerprint density at radius 2 is 1.73 bits per heavy atom. The number of fused-ring (bicyclic) bond motifs is 5. The molecule has 112 valence electrons. The zero-order valence-electron chi connectivity index (χ0n) is 11.4. The van der Waals surface area contributed by atoms with Gasteiger partial charge in [-0.2, -0.15) is 0 Å². The molecule has 5 nitrogen and oxygen atoms in total. The number of carboxylic acid groups (broad SMARTS) is 1. The molecule has 1 aromatic rings. The molecule has 3 aliphatic rings. The highest BCUT2D eigenvalue weighted by Gasteiger charge is 2.59. The van der Waals surface area contributed by atoms with E-state index in [2.05, 4.69) is 0 Å². The molecule has 0 N–H and O–H groups in total. The lowest BCUT2D eigenvalue weighted by atomic mass is 9.85. The molecule has 1 aromatic carbocycles. The number of carbonyl (C=O) groups is 3. The van der Waals surface area contributed by atoms with Crippen LogP contribution in [0.25, 0.3) is 0 Å². The molecule has 2 bridgehead atoms. The molecule has 1 saturated heterocycles. The van der Waals surface area contributed by atoms with E-state index >= 15 is 0 Å². The highest BCUT2D eigenvalue weighted by Crippen LogP contribution is 2.53. The predicted octanol–water partition coefficient (Wildman–Crippen LogP) is 1.01. The maximum absolute atomic E-state index is 12.7. The third-order valence-electron chi connectivity index (χ3n) is 4.89. The summed E-state index contributed by atoms with van der Waals surface area (Å²) in [5, 5.41) is 11.2. The van der Waals surface area contributed by atoms with Gasteiger partial charge >= 0.3 is 0 Å². The van der Waals surface area contributed by atoms with Gasteiger partial charge in [-0.3, -0.25) is 9.59 Å². The van der Waals surface area contributed by atoms with E-state index in [1.54, 1.807) is 0 Å². The minimum absolute atomic E-state index is 0.0968. The molecule has 0 spiro atoms.